The summed E-state index contributed by atoms with van der Waals surface area (Å²) in [5.41, 5.74) is 0. The van der Waals surface area contributed by atoms with Crippen LogP contribution in [0, 0.1) is 0 Å². The van der Waals surface area contributed by atoms with Crippen LogP contribution >= 0.6 is 0 Å². The third-order valence-electron chi connectivity index (χ3n) is 2.30. The maximum atomic E-state index is 11.9. The van der Waals surface area contributed by atoms with Crippen molar-refractivity contribution in [2.24, 2.45) is 0 Å². The molecule has 0 radical (unpaired) electrons. The topological polar surface area (TPSA) is 60.9 Å². The Balaban J connectivity index is 2.89. The summed E-state index contributed by atoms with van der Waals surface area (Å²) in [6, 6.07) is -0.862. The molecule has 1 heterocycles. The van der Waals surface area contributed by atoms with Crippen LogP contribution < -0.4 is 0 Å². The molecule has 0 spiro atoms. The van der Waals surface area contributed by atoms with Gasteiger partial charge in [-0.25, -0.2) is 14.5 Å². The minimum Gasteiger partial charge on any atom is -0.303 e. The highest BCUT2D eigenvalue weighted by molar-refractivity contribution is 5.96. The van der Waals surface area contributed by atoms with E-state index in [1.54, 1.807) is 6.08 Å². The van der Waals surface area contributed by atoms with Gasteiger partial charge in [-0.3, -0.25) is 4.90 Å². The van der Waals surface area contributed by atoms with Gasteiger partial charge in [-0.15, -0.1) is 13.2 Å². The van der Waals surface area contributed by atoms with E-state index >= 15 is 0 Å². The number of amides is 4. The standard InChI is InChI=1S/C11H15N3O3/c1-3-5-12-9-13(7-8-15)11(17)14(6-4-2)10(12)16/h3-4,8H,1-2,5-7,9H2. The quantitative estimate of drug-likeness (QED) is 0.504. The second-order valence-corrected chi connectivity index (χ2v) is 3.51. The van der Waals surface area contributed by atoms with Crippen molar-refractivity contribution in [2.75, 3.05) is 26.3 Å². The zero-order valence-corrected chi connectivity index (χ0v) is 9.54. The molecule has 0 N–H and O–H groups in total. The molecule has 0 bridgehead atoms. The molecule has 1 fully saturated rings. The van der Waals surface area contributed by atoms with Crippen molar-refractivity contribution in [1.82, 2.24) is 14.7 Å². The van der Waals surface area contributed by atoms with Gasteiger partial charge in [0.15, 0.2) is 0 Å². The van der Waals surface area contributed by atoms with Crippen LogP contribution in [0.5, 0.6) is 0 Å². The van der Waals surface area contributed by atoms with Gasteiger partial charge in [0.1, 0.15) is 6.29 Å². The van der Waals surface area contributed by atoms with Gasteiger partial charge in [-0.2, -0.15) is 0 Å². The van der Waals surface area contributed by atoms with Crippen molar-refractivity contribution in [3.05, 3.63) is 25.3 Å². The van der Waals surface area contributed by atoms with Gasteiger partial charge in [0, 0.05) is 6.54 Å². The van der Waals surface area contributed by atoms with E-state index < -0.39 is 12.1 Å². The van der Waals surface area contributed by atoms with E-state index in [2.05, 4.69) is 13.2 Å². The molecule has 17 heavy (non-hydrogen) atoms. The third-order valence-corrected chi connectivity index (χ3v) is 2.30. The molecule has 1 aliphatic heterocycles. The molecule has 1 saturated heterocycles. The van der Waals surface area contributed by atoms with E-state index in [-0.39, 0.29) is 19.8 Å². The molecular formula is C11H15N3O3. The Hall–Kier alpha value is -2.11. The summed E-state index contributed by atoms with van der Waals surface area (Å²) in [5.74, 6) is 0. The predicted molar refractivity (Wildman–Crippen MR) is 62.2 cm³/mol. The third kappa shape index (κ3) is 2.72. The number of nitrogens with zero attached hydrogens (tertiary/aromatic N) is 3. The largest absolute Gasteiger partial charge is 0.330 e. The molecule has 1 rings (SSSR count). The summed E-state index contributed by atoms with van der Waals surface area (Å²) in [5, 5.41) is 0. The molecule has 0 aliphatic carbocycles. The van der Waals surface area contributed by atoms with Crippen LogP contribution in [-0.4, -0.2) is 59.4 Å². The minimum absolute atomic E-state index is 0.0343. The van der Waals surface area contributed by atoms with Gasteiger partial charge >= 0.3 is 12.1 Å². The first kappa shape index (κ1) is 13.0. The number of hydrogen-bond acceptors (Lipinski definition) is 3. The van der Waals surface area contributed by atoms with E-state index in [1.807, 2.05) is 0 Å². The number of aldehydes is 1. The summed E-state index contributed by atoms with van der Waals surface area (Å²) in [6.07, 6.45) is 3.66. The molecule has 0 saturated carbocycles. The normalized spacial score (nSPS) is 16.1. The predicted octanol–water partition coefficient (Wildman–Crippen LogP) is 0.674. The second kappa shape index (κ2) is 5.83. The van der Waals surface area contributed by atoms with E-state index in [9.17, 15) is 14.4 Å². The summed E-state index contributed by atoms with van der Waals surface area (Å²) < 4.78 is 0. The van der Waals surface area contributed by atoms with Gasteiger partial charge in [-0.05, 0) is 0 Å². The molecule has 92 valence electrons. The molecule has 0 atom stereocenters. The second-order valence-electron chi connectivity index (χ2n) is 3.51. The number of imide groups is 1. The summed E-state index contributed by atoms with van der Waals surface area (Å²) in [6.45, 7) is 7.56. The lowest BCUT2D eigenvalue weighted by molar-refractivity contribution is -0.109. The molecule has 1 aliphatic rings. The van der Waals surface area contributed by atoms with Crippen LogP contribution in [0.15, 0.2) is 25.3 Å². The number of carbonyl (C=O) groups excluding carboxylic acids is 3. The van der Waals surface area contributed by atoms with Crippen LogP contribution in [0.1, 0.15) is 0 Å². The van der Waals surface area contributed by atoms with E-state index in [0.717, 1.165) is 4.90 Å². The molecule has 6 nitrogen and oxygen atoms in total. The average molecular weight is 237 g/mol. The fourth-order valence-electron chi connectivity index (χ4n) is 1.55. The van der Waals surface area contributed by atoms with Crippen molar-refractivity contribution < 1.29 is 14.4 Å². The maximum absolute atomic E-state index is 11.9. The molecule has 4 amide bonds. The first-order chi connectivity index (χ1) is 8.15. The summed E-state index contributed by atoms with van der Waals surface area (Å²) in [4.78, 5) is 38.0. The fraction of sp³-hybridized carbons (Fsp3) is 0.364. The van der Waals surface area contributed by atoms with Crippen LogP contribution in [0.4, 0.5) is 9.59 Å². The smallest absolute Gasteiger partial charge is 0.303 e. The van der Waals surface area contributed by atoms with Crippen molar-refractivity contribution in [3.8, 4) is 0 Å². The number of carbonyl (C=O) groups is 3. The van der Waals surface area contributed by atoms with Gasteiger partial charge in [0.2, 0.25) is 0 Å². The Morgan fingerprint density at radius 1 is 1.00 bits per heavy atom. The van der Waals surface area contributed by atoms with E-state index in [4.69, 9.17) is 0 Å². The van der Waals surface area contributed by atoms with E-state index in [1.165, 1.54) is 15.9 Å². The highest BCUT2D eigenvalue weighted by Crippen LogP contribution is 2.12. The number of rotatable bonds is 6. The lowest BCUT2D eigenvalue weighted by Crippen LogP contribution is -2.61. The molecule has 0 aromatic rings. The van der Waals surface area contributed by atoms with Gasteiger partial charge in [0.25, 0.3) is 0 Å². The van der Waals surface area contributed by atoms with Gasteiger partial charge < -0.3 is 9.69 Å². The zero-order valence-electron chi connectivity index (χ0n) is 9.54. The monoisotopic (exact) mass is 237 g/mol. The Kier molecular flexibility index (Phi) is 4.45. The lowest BCUT2D eigenvalue weighted by atomic mass is 10.4. The highest BCUT2D eigenvalue weighted by Gasteiger charge is 2.35. The Morgan fingerprint density at radius 2 is 1.53 bits per heavy atom. The number of hydrogen-bond donors (Lipinski definition) is 0. The maximum Gasteiger partial charge on any atom is 0.330 e. The molecule has 0 aromatic heterocycles. The van der Waals surface area contributed by atoms with Crippen LogP contribution in [-0.2, 0) is 4.79 Å². The molecule has 6 heteroatoms. The molecular weight excluding hydrogens is 222 g/mol. The fourth-order valence-corrected chi connectivity index (χ4v) is 1.55. The minimum atomic E-state index is -0.470. The lowest BCUT2D eigenvalue weighted by Gasteiger charge is -2.39. The van der Waals surface area contributed by atoms with Crippen LogP contribution in [0.25, 0.3) is 0 Å². The Labute approximate surface area is 99.8 Å². The molecule has 0 unspecified atom stereocenters. The Bertz CT molecular complexity index is 326. The first-order valence-corrected chi connectivity index (χ1v) is 5.16. The zero-order chi connectivity index (χ0) is 12.8. The van der Waals surface area contributed by atoms with E-state index in [0.29, 0.717) is 12.8 Å². The SMILES string of the molecule is C=CCN1CN(CC=O)C(=O)N(CC=C)C1=O. The van der Waals surface area contributed by atoms with Crippen LogP contribution in [0.3, 0.4) is 0 Å². The van der Waals surface area contributed by atoms with Crippen molar-refractivity contribution in [2.45, 2.75) is 0 Å². The van der Waals surface area contributed by atoms with Gasteiger partial charge in [0.05, 0.1) is 19.8 Å². The van der Waals surface area contributed by atoms with Crippen molar-refractivity contribution >= 4 is 18.3 Å². The first-order valence-electron chi connectivity index (χ1n) is 5.16. The van der Waals surface area contributed by atoms with Crippen molar-refractivity contribution in [3.63, 3.8) is 0 Å². The number of urea groups is 2. The molecule has 0 aromatic carbocycles. The van der Waals surface area contributed by atoms with Crippen molar-refractivity contribution in [1.29, 1.82) is 0 Å². The Morgan fingerprint density at radius 3 is 2.00 bits per heavy atom. The summed E-state index contributed by atoms with van der Waals surface area (Å²) in [7, 11) is 0. The summed E-state index contributed by atoms with van der Waals surface area (Å²) >= 11 is 0. The van der Waals surface area contributed by atoms with Crippen LogP contribution in [0.2, 0.25) is 0 Å². The highest BCUT2D eigenvalue weighted by atomic mass is 16.2. The average Bonchev–Trinajstić information content (AvgIpc) is 2.31. The van der Waals surface area contributed by atoms with Gasteiger partial charge in [-0.1, -0.05) is 12.2 Å².